The number of anilines is 1. The molecule has 2 atom stereocenters. The van der Waals surface area contributed by atoms with E-state index in [1.54, 1.807) is 30.3 Å². The van der Waals surface area contributed by atoms with Crippen LogP contribution in [0, 0.1) is 11.7 Å². The maximum absolute atomic E-state index is 13.9. The Hall–Kier alpha value is -2.78. The lowest BCUT2D eigenvalue weighted by Gasteiger charge is -2.23. The van der Waals surface area contributed by atoms with E-state index in [1.165, 1.54) is 6.07 Å². The van der Waals surface area contributed by atoms with Crippen molar-refractivity contribution < 1.29 is 22.4 Å². The molecule has 0 heterocycles. The van der Waals surface area contributed by atoms with Crippen molar-refractivity contribution in [1.82, 2.24) is 10.0 Å². The lowest BCUT2D eigenvalue weighted by Crippen LogP contribution is -2.47. The Morgan fingerprint density at radius 1 is 1.10 bits per heavy atom. The summed E-state index contributed by atoms with van der Waals surface area (Å²) in [5, 5.41) is 5.28. The zero-order valence-corrected chi connectivity index (χ0v) is 17.2. The fourth-order valence-electron chi connectivity index (χ4n) is 2.63. The number of amides is 2. The van der Waals surface area contributed by atoms with Gasteiger partial charge in [0.25, 0.3) is 5.91 Å². The first-order chi connectivity index (χ1) is 13.7. The molecule has 0 saturated heterocycles. The Labute approximate surface area is 169 Å². The van der Waals surface area contributed by atoms with E-state index in [0.717, 1.165) is 19.2 Å². The fraction of sp³-hybridized carbons (Fsp3) is 0.300. The summed E-state index contributed by atoms with van der Waals surface area (Å²) >= 11 is 0. The third-order valence-electron chi connectivity index (χ3n) is 4.58. The van der Waals surface area contributed by atoms with Crippen LogP contribution in [-0.4, -0.2) is 33.3 Å². The van der Waals surface area contributed by atoms with Crippen molar-refractivity contribution in [2.75, 3.05) is 12.4 Å². The van der Waals surface area contributed by atoms with Gasteiger partial charge in [0, 0.05) is 11.3 Å². The number of carbonyl (C=O) groups excluding carboxylic acids is 2. The van der Waals surface area contributed by atoms with E-state index in [-0.39, 0.29) is 11.6 Å². The first kappa shape index (κ1) is 22.5. The van der Waals surface area contributed by atoms with Crippen LogP contribution in [0.3, 0.4) is 0 Å². The Morgan fingerprint density at radius 2 is 1.76 bits per heavy atom. The average Bonchev–Trinajstić information content (AvgIpc) is 2.73. The van der Waals surface area contributed by atoms with Crippen LogP contribution in [0.4, 0.5) is 10.1 Å². The van der Waals surface area contributed by atoms with Gasteiger partial charge in [0.1, 0.15) is 16.8 Å². The van der Waals surface area contributed by atoms with Crippen molar-refractivity contribution in [2.45, 2.75) is 31.2 Å². The van der Waals surface area contributed by atoms with Crippen molar-refractivity contribution in [1.29, 1.82) is 0 Å². The third-order valence-corrected chi connectivity index (χ3v) is 6.00. The molecule has 0 aliphatic heterocycles. The van der Waals surface area contributed by atoms with E-state index in [2.05, 4.69) is 10.6 Å². The molecule has 0 bridgehead atoms. The maximum atomic E-state index is 13.9. The standard InChI is InChI=1S/C20H24FN3O4S/c1-4-13(2)18(24-19(25)14-8-6-5-7-9-14)20(26)23-15-10-11-16(21)17(12-15)29(27,28)22-3/h5-13,18,22H,4H2,1-3H3,(H,23,26)(H,24,25). The minimum Gasteiger partial charge on any atom is -0.340 e. The van der Waals surface area contributed by atoms with Gasteiger partial charge in [-0.05, 0) is 43.3 Å². The van der Waals surface area contributed by atoms with Gasteiger partial charge in [0.15, 0.2) is 0 Å². The van der Waals surface area contributed by atoms with Gasteiger partial charge in [0.05, 0.1) is 0 Å². The smallest absolute Gasteiger partial charge is 0.251 e. The lowest BCUT2D eigenvalue weighted by atomic mass is 9.97. The molecule has 0 aliphatic rings. The lowest BCUT2D eigenvalue weighted by molar-refractivity contribution is -0.119. The van der Waals surface area contributed by atoms with Gasteiger partial charge >= 0.3 is 0 Å². The van der Waals surface area contributed by atoms with Gasteiger partial charge in [-0.15, -0.1) is 0 Å². The van der Waals surface area contributed by atoms with Gasteiger partial charge in [0.2, 0.25) is 15.9 Å². The minimum absolute atomic E-state index is 0.104. The summed E-state index contributed by atoms with van der Waals surface area (Å²) in [7, 11) is -2.86. The van der Waals surface area contributed by atoms with Crippen LogP contribution in [-0.2, 0) is 14.8 Å². The Kier molecular flexibility index (Phi) is 7.46. The number of halogens is 1. The van der Waals surface area contributed by atoms with Crippen molar-refractivity contribution >= 4 is 27.5 Å². The van der Waals surface area contributed by atoms with Crippen LogP contribution in [0.5, 0.6) is 0 Å². The zero-order valence-electron chi connectivity index (χ0n) is 16.4. The molecule has 0 radical (unpaired) electrons. The summed E-state index contributed by atoms with van der Waals surface area (Å²) in [6, 6.07) is 10.9. The highest BCUT2D eigenvalue weighted by Crippen LogP contribution is 2.20. The third kappa shape index (κ3) is 5.61. The number of hydrogen-bond donors (Lipinski definition) is 3. The SMILES string of the molecule is CCC(C)C(NC(=O)c1ccccc1)C(=O)Nc1ccc(F)c(S(=O)(=O)NC)c1. The second-order valence-electron chi connectivity index (χ2n) is 6.54. The van der Waals surface area contributed by atoms with Crippen LogP contribution in [0.25, 0.3) is 0 Å². The summed E-state index contributed by atoms with van der Waals surface area (Å²) in [6.07, 6.45) is 0.621. The average molecular weight is 421 g/mol. The van der Waals surface area contributed by atoms with Crippen molar-refractivity contribution in [3.8, 4) is 0 Å². The summed E-state index contributed by atoms with van der Waals surface area (Å²) < 4.78 is 39.8. The van der Waals surface area contributed by atoms with Gasteiger partial charge in [-0.3, -0.25) is 9.59 Å². The zero-order chi connectivity index (χ0) is 21.6. The number of hydrogen-bond acceptors (Lipinski definition) is 4. The fourth-order valence-corrected chi connectivity index (χ4v) is 3.46. The molecule has 3 N–H and O–H groups in total. The molecule has 29 heavy (non-hydrogen) atoms. The van der Waals surface area contributed by atoms with E-state index in [1.807, 2.05) is 18.6 Å². The van der Waals surface area contributed by atoms with E-state index >= 15 is 0 Å². The molecule has 2 unspecified atom stereocenters. The molecule has 2 amide bonds. The topological polar surface area (TPSA) is 104 Å². The van der Waals surface area contributed by atoms with E-state index in [4.69, 9.17) is 0 Å². The molecule has 9 heteroatoms. The second-order valence-corrected chi connectivity index (χ2v) is 8.40. The number of carbonyl (C=O) groups is 2. The van der Waals surface area contributed by atoms with Crippen molar-refractivity contribution in [3.63, 3.8) is 0 Å². The monoisotopic (exact) mass is 421 g/mol. The summed E-state index contributed by atoms with van der Waals surface area (Å²) in [5.41, 5.74) is 0.519. The number of benzene rings is 2. The number of sulfonamides is 1. The second kappa shape index (κ2) is 9.62. The molecule has 156 valence electrons. The van der Waals surface area contributed by atoms with Crippen LogP contribution >= 0.6 is 0 Å². The highest BCUT2D eigenvalue weighted by Gasteiger charge is 2.27. The Balaban J connectivity index is 2.25. The van der Waals surface area contributed by atoms with Gasteiger partial charge in [-0.1, -0.05) is 38.5 Å². The first-order valence-corrected chi connectivity index (χ1v) is 10.6. The largest absolute Gasteiger partial charge is 0.340 e. The van der Waals surface area contributed by atoms with Crippen LogP contribution in [0.15, 0.2) is 53.4 Å². The molecule has 7 nitrogen and oxygen atoms in total. The highest BCUT2D eigenvalue weighted by molar-refractivity contribution is 7.89. The van der Waals surface area contributed by atoms with Crippen LogP contribution < -0.4 is 15.4 Å². The predicted molar refractivity (Wildman–Crippen MR) is 108 cm³/mol. The van der Waals surface area contributed by atoms with Crippen LogP contribution in [0.1, 0.15) is 30.6 Å². The molecule has 2 aromatic carbocycles. The number of rotatable bonds is 8. The summed E-state index contributed by atoms with van der Waals surface area (Å²) in [5.74, 6) is -2.05. The molecular weight excluding hydrogens is 397 g/mol. The summed E-state index contributed by atoms with van der Waals surface area (Å²) in [6.45, 7) is 3.70. The highest BCUT2D eigenvalue weighted by atomic mass is 32.2. The van der Waals surface area contributed by atoms with Crippen molar-refractivity contribution in [2.24, 2.45) is 5.92 Å². The maximum Gasteiger partial charge on any atom is 0.251 e. The van der Waals surface area contributed by atoms with E-state index < -0.39 is 38.6 Å². The van der Waals surface area contributed by atoms with Crippen molar-refractivity contribution in [3.05, 3.63) is 59.9 Å². The molecule has 2 rings (SSSR count). The normalized spacial score (nSPS) is 13.4. The molecule has 2 aromatic rings. The summed E-state index contributed by atoms with van der Waals surface area (Å²) in [4.78, 5) is 24.7. The number of nitrogens with one attached hydrogen (secondary N) is 3. The van der Waals surface area contributed by atoms with Gasteiger partial charge < -0.3 is 10.6 Å². The predicted octanol–water partition coefficient (Wildman–Crippen LogP) is 2.52. The molecule has 0 fully saturated rings. The molecule has 0 aliphatic carbocycles. The molecule has 0 saturated carbocycles. The van der Waals surface area contributed by atoms with Gasteiger partial charge in [-0.2, -0.15) is 0 Å². The van der Waals surface area contributed by atoms with E-state index in [9.17, 15) is 22.4 Å². The molecular formula is C20H24FN3O4S. The molecule has 0 spiro atoms. The Bertz CT molecular complexity index is 980. The molecule has 0 aromatic heterocycles. The van der Waals surface area contributed by atoms with Gasteiger partial charge in [-0.25, -0.2) is 17.5 Å². The quantitative estimate of drug-likeness (QED) is 0.609. The first-order valence-electron chi connectivity index (χ1n) is 9.09. The van der Waals surface area contributed by atoms with Crippen LogP contribution in [0.2, 0.25) is 0 Å². The Morgan fingerprint density at radius 3 is 2.34 bits per heavy atom. The minimum atomic E-state index is -4.03. The van der Waals surface area contributed by atoms with E-state index in [0.29, 0.717) is 12.0 Å².